The molecule has 0 atom stereocenters. The van der Waals surface area contributed by atoms with Crippen LogP contribution in [-0.4, -0.2) is 26.8 Å². The van der Waals surface area contributed by atoms with Crippen LogP contribution in [0.15, 0.2) is 30.6 Å². The van der Waals surface area contributed by atoms with Gasteiger partial charge in [0.25, 0.3) is 0 Å². The Hall–Kier alpha value is -1.75. The van der Waals surface area contributed by atoms with E-state index in [4.69, 9.17) is 5.73 Å². The van der Waals surface area contributed by atoms with Gasteiger partial charge in [-0.25, -0.2) is 4.68 Å². The molecule has 16 heavy (non-hydrogen) atoms. The molecule has 0 saturated carbocycles. The first-order valence-electron chi connectivity index (χ1n) is 5.43. The van der Waals surface area contributed by atoms with Gasteiger partial charge in [-0.2, -0.15) is 0 Å². The molecule has 0 spiro atoms. The van der Waals surface area contributed by atoms with Gasteiger partial charge in [-0.3, -0.25) is 0 Å². The summed E-state index contributed by atoms with van der Waals surface area (Å²) < 4.78 is 1.64. The van der Waals surface area contributed by atoms with Crippen molar-refractivity contribution in [3.63, 3.8) is 0 Å². The molecule has 5 heteroatoms. The smallest absolute Gasteiger partial charge is 0.143 e. The van der Waals surface area contributed by atoms with Crippen LogP contribution in [0.3, 0.4) is 0 Å². The number of rotatable bonds is 3. The van der Waals surface area contributed by atoms with Gasteiger partial charge in [-0.05, 0) is 35.0 Å². The van der Waals surface area contributed by atoms with Crippen molar-refractivity contribution in [3.05, 3.63) is 36.2 Å². The van der Waals surface area contributed by atoms with E-state index in [-0.39, 0.29) is 0 Å². The molecule has 5 nitrogen and oxygen atoms in total. The molecule has 1 aromatic carbocycles. The van der Waals surface area contributed by atoms with Crippen molar-refractivity contribution >= 4 is 0 Å². The molecule has 1 aromatic heterocycles. The minimum atomic E-state index is 0.624. The lowest BCUT2D eigenvalue weighted by molar-refractivity contribution is 0.778. The third kappa shape index (κ3) is 2.87. The van der Waals surface area contributed by atoms with Gasteiger partial charge in [-0.1, -0.05) is 32.0 Å². The molecule has 0 radical (unpaired) electrons. The normalized spacial score (nSPS) is 9.44. The second-order valence-corrected chi connectivity index (χ2v) is 2.92. The van der Waals surface area contributed by atoms with Crippen molar-refractivity contribution in [1.82, 2.24) is 20.2 Å². The molecule has 0 aliphatic rings. The number of aromatic nitrogens is 4. The molecule has 0 fully saturated rings. The summed E-state index contributed by atoms with van der Waals surface area (Å²) in [5.74, 6) is 0. The molecular formula is C11H17N5. The van der Waals surface area contributed by atoms with Crippen LogP contribution in [0.1, 0.15) is 19.4 Å². The lowest BCUT2D eigenvalue weighted by Gasteiger charge is -2.06. The number of benzene rings is 1. The zero-order chi connectivity index (χ0) is 11.8. The fourth-order valence-electron chi connectivity index (χ4n) is 1.37. The van der Waals surface area contributed by atoms with E-state index in [1.807, 2.05) is 38.1 Å². The van der Waals surface area contributed by atoms with Gasteiger partial charge in [0.05, 0.1) is 5.69 Å². The Balaban J connectivity index is 0.000000606. The van der Waals surface area contributed by atoms with Crippen LogP contribution >= 0.6 is 0 Å². The van der Waals surface area contributed by atoms with Crippen molar-refractivity contribution < 1.29 is 0 Å². The van der Waals surface area contributed by atoms with Crippen molar-refractivity contribution in [3.8, 4) is 5.69 Å². The lowest BCUT2D eigenvalue weighted by Crippen LogP contribution is -2.07. The Bertz CT molecular complexity index is 397. The molecule has 0 bridgehead atoms. The van der Waals surface area contributed by atoms with Gasteiger partial charge in [0.15, 0.2) is 0 Å². The quantitative estimate of drug-likeness (QED) is 0.841. The highest BCUT2D eigenvalue weighted by atomic mass is 15.5. The maximum atomic E-state index is 5.52. The number of para-hydroxylation sites is 1. The molecule has 2 aromatic rings. The zero-order valence-electron chi connectivity index (χ0n) is 9.67. The monoisotopic (exact) mass is 219 g/mol. The Morgan fingerprint density at radius 2 is 2.00 bits per heavy atom. The number of hydrogen-bond donors (Lipinski definition) is 1. The lowest BCUT2D eigenvalue weighted by atomic mass is 10.1. The van der Waals surface area contributed by atoms with Crippen LogP contribution in [0, 0.1) is 0 Å². The van der Waals surface area contributed by atoms with Gasteiger partial charge < -0.3 is 5.73 Å². The van der Waals surface area contributed by atoms with Crippen molar-refractivity contribution in [1.29, 1.82) is 0 Å². The number of nitrogens with two attached hydrogens (primary N) is 1. The van der Waals surface area contributed by atoms with E-state index in [0.29, 0.717) is 6.54 Å². The summed E-state index contributed by atoms with van der Waals surface area (Å²) in [5.41, 5.74) is 7.67. The summed E-state index contributed by atoms with van der Waals surface area (Å²) in [5, 5.41) is 11.0. The van der Waals surface area contributed by atoms with Gasteiger partial charge in [0.1, 0.15) is 6.33 Å². The first-order valence-corrected chi connectivity index (χ1v) is 5.43. The molecule has 86 valence electrons. The Morgan fingerprint density at radius 1 is 1.25 bits per heavy atom. The van der Waals surface area contributed by atoms with E-state index < -0.39 is 0 Å². The van der Waals surface area contributed by atoms with Crippen LogP contribution < -0.4 is 5.73 Å². The van der Waals surface area contributed by atoms with Crippen LogP contribution in [0.2, 0.25) is 0 Å². The Labute approximate surface area is 95.3 Å². The number of nitrogens with zero attached hydrogens (tertiary/aromatic N) is 4. The highest BCUT2D eigenvalue weighted by molar-refractivity contribution is 5.39. The number of tetrazole rings is 1. The van der Waals surface area contributed by atoms with E-state index in [9.17, 15) is 0 Å². The predicted octanol–water partition coefficient (Wildman–Crippen LogP) is 1.19. The highest BCUT2D eigenvalue weighted by Gasteiger charge is 2.03. The van der Waals surface area contributed by atoms with Gasteiger partial charge in [-0.15, -0.1) is 5.10 Å². The second-order valence-electron chi connectivity index (χ2n) is 2.92. The second kappa shape index (κ2) is 6.68. The third-order valence-electron chi connectivity index (χ3n) is 2.00. The maximum absolute atomic E-state index is 5.52. The summed E-state index contributed by atoms with van der Waals surface area (Å²) in [6, 6.07) is 7.95. The van der Waals surface area contributed by atoms with E-state index >= 15 is 0 Å². The van der Waals surface area contributed by atoms with Crippen molar-refractivity contribution in [2.24, 2.45) is 5.73 Å². The molecule has 0 aliphatic carbocycles. The Morgan fingerprint density at radius 3 is 2.62 bits per heavy atom. The zero-order valence-corrected chi connectivity index (χ0v) is 9.67. The van der Waals surface area contributed by atoms with Gasteiger partial charge in [0.2, 0.25) is 0 Å². The minimum absolute atomic E-state index is 0.624. The van der Waals surface area contributed by atoms with Crippen LogP contribution in [-0.2, 0) is 6.42 Å². The summed E-state index contributed by atoms with van der Waals surface area (Å²) in [6.07, 6.45) is 2.41. The molecule has 0 aliphatic heterocycles. The standard InChI is InChI=1S/C9H11N5.C2H6/c10-6-5-8-3-1-2-4-9(8)14-7-11-12-13-14;1-2/h1-4,7H,5-6,10H2;1-2H3. The largest absolute Gasteiger partial charge is 0.330 e. The van der Waals surface area contributed by atoms with Crippen LogP contribution in [0.4, 0.5) is 0 Å². The molecular weight excluding hydrogens is 202 g/mol. The van der Waals surface area contributed by atoms with Crippen molar-refractivity contribution in [2.75, 3.05) is 6.54 Å². The first-order chi connectivity index (χ1) is 7.92. The third-order valence-corrected chi connectivity index (χ3v) is 2.00. The van der Waals surface area contributed by atoms with E-state index in [0.717, 1.165) is 17.7 Å². The molecule has 2 rings (SSSR count). The average Bonchev–Trinajstić information content (AvgIpc) is 2.86. The molecule has 0 saturated heterocycles. The summed E-state index contributed by atoms with van der Waals surface area (Å²) in [7, 11) is 0. The van der Waals surface area contributed by atoms with E-state index in [1.54, 1.807) is 11.0 Å². The topological polar surface area (TPSA) is 69.6 Å². The summed E-state index contributed by atoms with van der Waals surface area (Å²) in [4.78, 5) is 0. The van der Waals surface area contributed by atoms with Crippen molar-refractivity contribution in [2.45, 2.75) is 20.3 Å². The minimum Gasteiger partial charge on any atom is -0.330 e. The van der Waals surface area contributed by atoms with Crippen LogP contribution in [0.5, 0.6) is 0 Å². The summed E-state index contributed by atoms with van der Waals surface area (Å²) >= 11 is 0. The maximum Gasteiger partial charge on any atom is 0.143 e. The van der Waals surface area contributed by atoms with Gasteiger partial charge >= 0.3 is 0 Å². The van der Waals surface area contributed by atoms with Crippen LogP contribution in [0.25, 0.3) is 5.69 Å². The summed E-state index contributed by atoms with van der Waals surface area (Å²) in [6.45, 7) is 4.62. The van der Waals surface area contributed by atoms with E-state index in [1.165, 1.54) is 0 Å². The predicted molar refractivity (Wildman–Crippen MR) is 63.3 cm³/mol. The van der Waals surface area contributed by atoms with Gasteiger partial charge in [0, 0.05) is 0 Å². The molecule has 0 amide bonds. The molecule has 2 N–H and O–H groups in total. The SMILES string of the molecule is CC.NCCc1ccccc1-n1cnnn1. The highest BCUT2D eigenvalue weighted by Crippen LogP contribution is 2.12. The Kier molecular flexibility index (Phi) is 5.15. The number of hydrogen-bond acceptors (Lipinski definition) is 4. The fourth-order valence-corrected chi connectivity index (χ4v) is 1.37. The van der Waals surface area contributed by atoms with E-state index in [2.05, 4.69) is 15.5 Å². The molecule has 1 heterocycles. The average molecular weight is 219 g/mol. The fraction of sp³-hybridized carbons (Fsp3) is 0.364. The first kappa shape index (κ1) is 12.3. The molecule has 0 unspecified atom stereocenters.